The third-order valence-electron chi connectivity index (χ3n) is 7.03. The van der Waals surface area contributed by atoms with Crippen LogP contribution in [-0.4, -0.2) is 50.5 Å². The summed E-state index contributed by atoms with van der Waals surface area (Å²) in [5.41, 5.74) is 2.10. The second kappa shape index (κ2) is 9.06. The van der Waals surface area contributed by atoms with Gasteiger partial charge in [-0.2, -0.15) is 10.4 Å². The van der Waals surface area contributed by atoms with E-state index in [1.165, 1.54) is 12.3 Å². The number of nitriles is 1. The smallest absolute Gasteiger partial charge is 0.168 e. The number of rotatable bonds is 6. The largest absolute Gasteiger partial charge is 0.489 e. The zero-order valence-electron chi connectivity index (χ0n) is 21.4. The zero-order chi connectivity index (χ0) is 27.4. The number of aromatic nitrogens is 3. The summed E-state index contributed by atoms with van der Waals surface area (Å²) in [6, 6.07) is 12.0. The van der Waals surface area contributed by atoms with E-state index in [-0.39, 0.29) is 17.7 Å². The Kier molecular flexibility index (Phi) is 5.77. The average molecular weight is 529 g/mol. The SMILES string of the molecule is CC(C)(O)COc1cc(-c2ccc(N3CC[C@@]4(C=C(c5cccc(F)c5F)N4)C3)nc2)c2c(C#N)cnn2c1. The molecule has 1 atom stereocenters. The lowest BCUT2D eigenvalue weighted by Gasteiger charge is -2.39. The first kappa shape index (κ1) is 24.8. The predicted octanol–water partition coefficient (Wildman–Crippen LogP) is 4.29. The van der Waals surface area contributed by atoms with Gasteiger partial charge in [-0.05, 0) is 56.7 Å². The fourth-order valence-corrected chi connectivity index (χ4v) is 5.11. The van der Waals surface area contributed by atoms with E-state index in [1.54, 1.807) is 36.8 Å². The Bertz CT molecular complexity index is 1650. The number of halogens is 2. The molecule has 1 spiro atoms. The minimum atomic E-state index is -1.01. The van der Waals surface area contributed by atoms with Gasteiger partial charge in [0.05, 0.1) is 34.6 Å². The molecule has 0 amide bonds. The minimum absolute atomic E-state index is 0.0915. The van der Waals surface area contributed by atoms with Gasteiger partial charge in [0, 0.05) is 41.7 Å². The average Bonchev–Trinajstić information content (AvgIpc) is 3.53. The number of nitrogens with one attached hydrogen (secondary N) is 1. The van der Waals surface area contributed by atoms with Gasteiger partial charge < -0.3 is 20.1 Å². The van der Waals surface area contributed by atoms with Crippen LogP contribution in [0.5, 0.6) is 5.75 Å². The Morgan fingerprint density at radius 2 is 2.03 bits per heavy atom. The molecule has 1 fully saturated rings. The van der Waals surface area contributed by atoms with Gasteiger partial charge in [-0.1, -0.05) is 6.07 Å². The molecule has 3 aromatic heterocycles. The molecule has 2 aliphatic rings. The lowest BCUT2D eigenvalue weighted by Crippen LogP contribution is -2.52. The molecule has 8 nitrogen and oxygen atoms in total. The van der Waals surface area contributed by atoms with Crippen molar-refractivity contribution in [3.63, 3.8) is 0 Å². The van der Waals surface area contributed by atoms with Crippen molar-refractivity contribution in [2.45, 2.75) is 31.4 Å². The van der Waals surface area contributed by atoms with Crippen molar-refractivity contribution < 1.29 is 18.6 Å². The highest BCUT2D eigenvalue weighted by Gasteiger charge is 2.43. The van der Waals surface area contributed by atoms with Crippen LogP contribution < -0.4 is 15.0 Å². The van der Waals surface area contributed by atoms with E-state index in [1.807, 2.05) is 24.3 Å². The van der Waals surface area contributed by atoms with Crippen molar-refractivity contribution in [3.8, 4) is 22.9 Å². The molecule has 6 rings (SSSR count). The number of aliphatic hydroxyl groups is 1. The highest BCUT2D eigenvalue weighted by atomic mass is 19.2. The van der Waals surface area contributed by atoms with Gasteiger partial charge in [-0.25, -0.2) is 18.3 Å². The number of nitrogens with zero attached hydrogens (tertiary/aromatic N) is 5. The molecule has 0 saturated carbocycles. The third kappa shape index (κ3) is 4.55. The van der Waals surface area contributed by atoms with E-state index in [0.717, 1.165) is 36.0 Å². The summed E-state index contributed by atoms with van der Waals surface area (Å²) < 4.78 is 35.2. The summed E-state index contributed by atoms with van der Waals surface area (Å²) in [7, 11) is 0. The van der Waals surface area contributed by atoms with Gasteiger partial charge in [-0.15, -0.1) is 0 Å². The summed E-state index contributed by atoms with van der Waals surface area (Å²) in [6.45, 7) is 4.81. The van der Waals surface area contributed by atoms with Gasteiger partial charge in [-0.3, -0.25) is 0 Å². The highest BCUT2D eigenvalue weighted by Crippen LogP contribution is 2.38. The van der Waals surface area contributed by atoms with E-state index in [4.69, 9.17) is 9.72 Å². The molecule has 198 valence electrons. The third-order valence-corrected chi connectivity index (χ3v) is 7.03. The first-order valence-corrected chi connectivity index (χ1v) is 12.6. The van der Waals surface area contributed by atoms with Crippen LogP contribution in [0.4, 0.5) is 14.6 Å². The summed E-state index contributed by atoms with van der Waals surface area (Å²) in [5, 5.41) is 27.3. The molecule has 2 N–H and O–H groups in total. The molecule has 1 aromatic carbocycles. The molecule has 0 unspecified atom stereocenters. The Morgan fingerprint density at radius 1 is 1.21 bits per heavy atom. The lowest BCUT2D eigenvalue weighted by atomic mass is 9.87. The van der Waals surface area contributed by atoms with Crippen LogP contribution >= 0.6 is 0 Å². The van der Waals surface area contributed by atoms with Crippen LogP contribution in [0.25, 0.3) is 22.3 Å². The second-order valence-corrected chi connectivity index (χ2v) is 10.7. The summed E-state index contributed by atoms with van der Waals surface area (Å²) in [6.07, 6.45) is 7.71. The van der Waals surface area contributed by atoms with E-state index in [9.17, 15) is 19.1 Å². The molecular weight excluding hydrogens is 502 g/mol. The molecule has 10 heteroatoms. The first-order valence-electron chi connectivity index (χ1n) is 12.6. The summed E-state index contributed by atoms with van der Waals surface area (Å²) in [5.74, 6) is -0.417. The van der Waals surface area contributed by atoms with E-state index >= 15 is 0 Å². The maximum atomic E-state index is 14.2. The Balaban J connectivity index is 1.24. The molecule has 39 heavy (non-hydrogen) atoms. The zero-order valence-corrected chi connectivity index (χ0v) is 21.4. The normalized spacial score (nSPS) is 18.6. The molecular formula is C29H26F2N6O2. The number of benzene rings is 1. The van der Waals surface area contributed by atoms with Crippen LogP contribution in [0.2, 0.25) is 0 Å². The number of hydrogen-bond acceptors (Lipinski definition) is 7. The Morgan fingerprint density at radius 3 is 2.74 bits per heavy atom. The van der Waals surface area contributed by atoms with Crippen LogP contribution in [0, 0.1) is 23.0 Å². The Hall–Kier alpha value is -4.49. The molecule has 2 aliphatic heterocycles. The topological polar surface area (TPSA) is 98.7 Å². The molecule has 5 heterocycles. The standard InChI is InChI=1S/C29H26F2N6O2/c1-28(2,38)17-39-20-10-22(27-19(12-32)14-34-37(27)15-20)18-6-7-25(33-13-18)36-9-8-29(16-36)11-24(35-29)21-4-3-5-23(30)26(21)31/h3-7,10-11,13-15,35,38H,8-9,16-17H2,1-2H3/t29-/m1/s1. The van der Waals surface area contributed by atoms with Gasteiger partial charge in [0.25, 0.3) is 0 Å². The fourth-order valence-electron chi connectivity index (χ4n) is 5.11. The van der Waals surface area contributed by atoms with Crippen LogP contribution in [0.1, 0.15) is 31.4 Å². The fraction of sp³-hybridized carbons (Fsp3) is 0.276. The second-order valence-electron chi connectivity index (χ2n) is 10.7. The van der Waals surface area contributed by atoms with Gasteiger partial charge in [0.1, 0.15) is 24.2 Å². The van der Waals surface area contributed by atoms with Crippen LogP contribution in [0.3, 0.4) is 0 Å². The quantitative estimate of drug-likeness (QED) is 0.385. The van der Waals surface area contributed by atoms with Gasteiger partial charge in [0.15, 0.2) is 11.6 Å². The summed E-state index contributed by atoms with van der Waals surface area (Å²) >= 11 is 0. The van der Waals surface area contributed by atoms with Gasteiger partial charge >= 0.3 is 0 Å². The Labute approximate surface area is 223 Å². The number of ether oxygens (including phenoxy) is 1. The summed E-state index contributed by atoms with van der Waals surface area (Å²) in [4.78, 5) is 6.84. The monoisotopic (exact) mass is 528 g/mol. The molecule has 1 saturated heterocycles. The number of pyridine rings is 2. The molecule has 0 aliphatic carbocycles. The number of fused-ring (bicyclic) bond motifs is 1. The lowest BCUT2D eigenvalue weighted by molar-refractivity contribution is 0.0283. The van der Waals surface area contributed by atoms with Crippen molar-refractivity contribution in [2.75, 3.05) is 24.6 Å². The van der Waals surface area contributed by atoms with Crippen molar-refractivity contribution >= 4 is 17.0 Å². The van der Waals surface area contributed by atoms with Crippen molar-refractivity contribution in [3.05, 3.63) is 83.8 Å². The molecule has 0 radical (unpaired) electrons. The predicted molar refractivity (Wildman–Crippen MR) is 142 cm³/mol. The van der Waals surface area contributed by atoms with Crippen LogP contribution in [0.15, 0.2) is 61.1 Å². The van der Waals surface area contributed by atoms with Crippen molar-refractivity contribution in [2.24, 2.45) is 0 Å². The van der Waals surface area contributed by atoms with Crippen LogP contribution in [-0.2, 0) is 0 Å². The highest BCUT2D eigenvalue weighted by molar-refractivity contribution is 5.85. The minimum Gasteiger partial charge on any atom is -0.489 e. The maximum absolute atomic E-state index is 14.2. The van der Waals surface area contributed by atoms with Crippen molar-refractivity contribution in [1.82, 2.24) is 19.9 Å². The van der Waals surface area contributed by atoms with Crippen molar-refractivity contribution in [1.29, 1.82) is 5.26 Å². The number of anilines is 1. The molecule has 4 aromatic rings. The maximum Gasteiger partial charge on any atom is 0.168 e. The molecule has 0 bridgehead atoms. The first-order chi connectivity index (χ1) is 18.6. The van der Waals surface area contributed by atoms with E-state index < -0.39 is 17.2 Å². The van der Waals surface area contributed by atoms with Gasteiger partial charge in [0.2, 0.25) is 0 Å². The van der Waals surface area contributed by atoms with E-state index in [0.29, 0.717) is 29.1 Å². The van der Waals surface area contributed by atoms with E-state index in [2.05, 4.69) is 21.4 Å². The number of hydrogen-bond donors (Lipinski definition) is 2.